The normalized spacial score (nSPS) is 21.8. The van der Waals surface area contributed by atoms with Crippen molar-refractivity contribution in [3.05, 3.63) is 0 Å². The summed E-state index contributed by atoms with van der Waals surface area (Å²) in [5.74, 6) is 1.74. The maximum Gasteiger partial charge on any atom is 0.00474 e. The van der Waals surface area contributed by atoms with Gasteiger partial charge < -0.3 is 10.2 Å². The van der Waals surface area contributed by atoms with Gasteiger partial charge in [-0.15, -0.1) is 0 Å². The van der Waals surface area contributed by atoms with Gasteiger partial charge in [-0.2, -0.15) is 0 Å². The van der Waals surface area contributed by atoms with E-state index in [1.807, 2.05) is 0 Å². The van der Waals surface area contributed by atoms with Crippen molar-refractivity contribution in [2.45, 2.75) is 60.3 Å². The first-order valence-corrected chi connectivity index (χ1v) is 8.42. The lowest BCUT2D eigenvalue weighted by Crippen LogP contribution is -2.45. The first-order chi connectivity index (χ1) is 8.99. The van der Waals surface area contributed by atoms with Crippen LogP contribution in [0.5, 0.6) is 0 Å². The van der Waals surface area contributed by atoms with Crippen LogP contribution in [0.25, 0.3) is 0 Å². The zero-order valence-electron chi connectivity index (χ0n) is 14.0. The van der Waals surface area contributed by atoms with Crippen LogP contribution in [0.1, 0.15) is 60.3 Å². The third kappa shape index (κ3) is 6.27. The molecule has 0 aromatic heterocycles. The molecule has 0 radical (unpaired) electrons. The zero-order valence-corrected chi connectivity index (χ0v) is 14.0. The predicted octanol–water partition coefficient (Wildman–Crippen LogP) is 3.77. The number of nitrogens with one attached hydrogen (secondary N) is 1. The maximum absolute atomic E-state index is 3.66. The third-order valence-electron chi connectivity index (χ3n) is 4.85. The molecule has 2 heteroatoms. The molecule has 0 aromatic rings. The van der Waals surface area contributed by atoms with Gasteiger partial charge in [0.15, 0.2) is 0 Å². The lowest BCUT2D eigenvalue weighted by molar-refractivity contribution is 0.113. The molecule has 1 aliphatic heterocycles. The summed E-state index contributed by atoms with van der Waals surface area (Å²) in [5, 5.41) is 3.66. The Labute approximate surface area is 121 Å². The molecule has 1 unspecified atom stereocenters. The van der Waals surface area contributed by atoms with Crippen molar-refractivity contribution < 1.29 is 0 Å². The minimum atomic E-state index is 0.438. The Kier molecular flexibility index (Phi) is 7.38. The highest BCUT2D eigenvalue weighted by Gasteiger charge is 2.27. The van der Waals surface area contributed by atoms with Gasteiger partial charge in [0.25, 0.3) is 0 Å². The number of hydrogen-bond acceptors (Lipinski definition) is 2. The van der Waals surface area contributed by atoms with Gasteiger partial charge in [0.1, 0.15) is 0 Å². The molecule has 1 saturated heterocycles. The highest BCUT2D eigenvalue weighted by atomic mass is 15.1. The fraction of sp³-hybridized carbons (Fsp3) is 1.00. The Balaban J connectivity index is 2.34. The SMILES string of the molecule is CCC1CCN(CC(C)(CC)CNCC(C)C)CC1. The summed E-state index contributed by atoms with van der Waals surface area (Å²) < 4.78 is 0. The Morgan fingerprint density at radius 2 is 1.84 bits per heavy atom. The number of hydrogen-bond donors (Lipinski definition) is 1. The molecular formula is C17H36N2. The Bertz CT molecular complexity index is 231. The molecule has 19 heavy (non-hydrogen) atoms. The molecule has 114 valence electrons. The quantitative estimate of drug-likeness (QED) is 0.721. The summed E-state index contributed by atoms with van der Waals surface area (Å²) in [5.41, 5.74) is 0.438. The van der Waals surface area contributed by atoms with E-state index in [4.69, 9.17) is 0 Å². The minimum Gasteiger partial charge on any atom is -0.316 e. The number of piperidine rings is 1. The van der Waals surface area contributed by atoms with Gasteiger partial charge in [0.2, 0.25) is 0 Å². The van der Waals surface area contributed by atoms with Crippen LogP contribution in [0.3, 0.4) is 0 Å². The summed E-state index contributed by atoms with van der Waals surface area (Å²) in [6.07, 6.45) is 5.46. The summed E-state index contributed by atoms with van der Waals surface area (Å²) in [7, 11) is 0. The molecule has 0 aliphatic carbocycles. The van der Waals surface area contributed by atoms with Gasteiger partial charge in [-0.3, -0.25) is 0 Å². The van der Waals surface area contributed by atoms with E-state index in [2.05, 4.69) is 44.8 Å². The topological polar surface area (TPSA) is 15.3 Å². The maximum atomic E-state index is 3.66. The van der Waals surface area contributed by atoms with Gasteiger partial charge in [-0.25, -0.2) is 0 Å². The molecule has 2 nitrogen and oxygen atoms in total. The van der Waals surface area contributed by atoms with Crippen LogP contribution in [0.4, 0.5) is 0 Å². The molecule has 1 aliphatic rings. The Hall–Kier alpha value is -0.0800. The van der Waals surface area contributed by atoms with Gasteiger partial charge in [-0.05, 0) is 56.1 Å². The molecular weight excluding hydrogens is 232 g/mol. The molecule has 1 N–H and O–H groups in total. The van der Waals surface area contributed by atoms with Gasteiger partial charge in [0.05, 0.1) is 0 Å². The van der Waals surface area contributed by atoms with E-state index in [-0.39, 0.29) is 0 Å². The Morgan fingerprint density at radius 3 is 2.32 bits per heavy atom. The monoisotopic (exact) mass is 268 g/mol. The van der Waals surface area contributed by atoms with E-state index in [0.29, 0.717) is 5.41 Å². The molecule has 0 bridgehead atoms. The van der Waals surface area contributed by atoms with Crippen molar-refractivity contribution in [3.8, 4) is 0 Å². The van der Waals surface area contributed by atoms with Gasteiger partial charge >= 0.3 is 0 Å². The van der Waals surface area contributed by atoms with Crippen molar-refractivity contribution in [2.24, 2.45) is 17.3 Å². The lowest BCUT2D eigenvalue weighted by atomic mass is 9.85. The molecule has 1 atom stereocenters. The zero-order chi connectivity index (χ0) is 14.3. The smallest absolute Gasteiger partial charge is 0.00474 e. The van der Waals surface area contributed by atoms with Crippen molar-refractivity contribution in [1.29, 1.82) is 0 Å². The second-order valence-electron chi connectivity index (χ2n) is 7.32. The van der Waals surface area contributed by atoms with Gasteiger partial charge in [-0.1, -0.05) is 41.0 Å². The number of likely N-dealkylation sites (tertiary alicyclic amines) is 1. The van der Waals surface area contributed by atoms with E-state index >= 15 is 0 Å². The van der Waals surface area contributed by atoms with E-state index in [1.165, 1.54) is 45.3 Å². The summed E-state index contributed by atoms with van der Waals surface area (Å²) in [6.45, 7) is 17.9. The predicted molar refractivity (Wildman–Crippen MR) is 85.6 cm³/mol. The van der Waals surface area contributed by atoms with Crippen LogP contribution >= 0.6 is 0 Å². The largest absolute Gasteiger partial charge is 0.316 e. The van der Waals surface area contributed by atoms with Crippen LogP contribution in [0, 0.1) is 17.3 Å². The van der Waals surface area contributed by atoms with Crippen LogP contribution < -0.4 is 5.32 Å². The summed E-state index contributed by atoms with van der Waals surface area (Å²) in [6, 6.07) is 0. The fourth-order valence-electron chi connectivity index (χ4n) is 3.05. The lowest BCUT2D eigenvalue weighted by Gasteiger charge is -2.39. The van der Waals surface area contributed by atoms with Crippen LogP contribution in [0.2, 0.25) is 0 Å². The van der Waals surface area contributed by atoms with E-state index in [1.54, 1.807) is 0 Å². The van der Waals surface area contributed by atoms with Crippen LogP contribution in [-0.2, 0) is 0 Å². The fourth-order valence-corrected chi connectivity index (χ4v) is 3.05. The average Bonchev–Trinajstić information content (AvgIpc) is 2.39. The minimum absolute atomic E-state index is 0.438. The van der Waals surface area contributed by atoms with Crippen molar-refractivity contribution in [2.75, 3.05) is 32.7 Å². The average molecular weight is 268 g/mol. The Morgan fingerprint density at radius 1 is 1.21 bits per heavy atom. The molecule has 1 fully saturated rings. The molecule has 1 heterocycles. The van der Waals surface area contributed by atoms with Crippen LogP contribution in [-0.4, -0.2) is 37.6 Å². The van der Waals surface area contributed by atoms with Gasteiger partial charge in [0, 0.05) is 13.1 Å². The molecule has 0 amide bonds. The van der Waals surface area contributed by atoms with E-state index in [9.17, 15) is 0 Å². The molecule has 0 saturated carbocycles. The van der Waals surface area contributed by atoms with Crippen LogP contribution in [0.15, 0.2) is 0 Å². The highest BCUT2D eigenvalue weighted by molar-refractivity contribution is 4.82. The first-order valence-electron chi connectivity index (χ1n) is 8.42. The number of nitrogens with zero attached hydrogens (tertiary/aromatic N) is 1. The van der Waals surface area contributed by atoms with Crippen molar-refractivity contribution >= 4 is 0 Å². The highest BCUT2D eigenvalue weighted by Crippen LogP contribution is 2.26. The third-order valence-corrected chi connectivity index (χ3v) is 4.85. The molecule has 0 spiro atoms. The van der Waals surface area contributed by atoms with E-state index in [0.717, 1.165) is 24.9 Å². The molecule has 1 rings (SSSR count). The van der Waals surface area contributed by atoms with Crippen molar-refractivity contribution in [3.63, 3.8) is 0 Å². The number of rotatable bonds is 8. The first kappa shape index (κ1) is 17.0. The van der Waals surface area contributed by atoms with Crippen molar-refractivity contribution in [1.82, 2.24) is 10.2 Å². The summed E-state index contributed by atoms with van der Waals surface area (Å²) in [4.78, 5) is 2.70. The summed E-state index contributed by atoms with van der Waals surface area (Å²) >= 11 is 0. The standard InChI is InChI=1S/C17H36N2/c1-6-16-8-10-19(11-9-16)14-17(5,7-2)13-18-12-15(3)4/h15-16,18H,6-14H2,1-5H3. The second kappa shape index (κ2) is 8.26. The molecule has 0 aromatic carbocycles. The van der Waals surface area contributed by atoms with E-state index < -0.39 is 0 Å². The second-order valence-corrected chi connectivity index (χ2v) is 7.32.